The standard InChI is InChI=1S/C16H15FN4O2/c17-14-4-2-1-3-13(14)15-7-12(23-21-15)10-18-16(22)6-5-11-8-19-20-9-11/h1-4,7-9H,5-6,10H2,(H,18,22)(H,19,20). The molecule has 118 valence electrons. The summed E-state index contributed by atoms with van der Waals surface area (Å²) in [6, 6.07) is 7.95. The molecule has 1 amide bonds. The third-order valence-corrected chi connectivity index (χ3v) is 3.36. The second-order valence-electron chi connectivity index (χ2n) is 5.04. The first-order valence-electron chi connectivity index (χ1n) is 7.17. The lowest BCUT2D eigenvalue weighted by Gasteiger charge is -2.01. The number of aromatic nitrogens is 3. The largest absolute Gasteiger partial charge is 0.359 e. The molecule has 2 N–H and O–H groups in total. The van der Waals surface area contributed by atoms with Crippen LogP contribution in [0, 0.1) is 5.82 Å². The number of aromatic amines is 1. The number of nitrogens with one attached hydrogen (secondary N) is 2. The lowest BCUT2D eigenvalue weighted by atomic mass is 10.1. The van der Waals surface area contributed by atoms with Gasteiger partial charge in [-0.25, -0.2) is 4.39 Å². The molecule has 0 aliphatic heterocycles. The number of benzene rings is 1. The quantitative estimate of drug-likeness (QED) is 0.732. The van der Waals surface area contributed by atoms with Crippen LogP contribution in [0.4, 0.5) is 4.39 Å². The number of carbonyl (C=O) groups excluding carboxylic acids is 1. The first-order chi connectivity index (χ1) is 11.2. The van der Waals surface area contributed by atoms with Gasteiger partial charge in [-0.2, -0.15) is 5.10 Å². The predicted octanol–water partition coefficient (Wildman–Crippen LogP) is 2.45. The van der Waals surface area contributed by atoms with E-state index in [1.54, 1.807) is 36.7 Å². The molecule has 7 heteroatoms. The topological polar surface area (TPSA) is 83.8 Å². The van der Waals surface area contributed by atoms with E-state index in [4.69, 9.17) is 4.52 Å². The molecule has 2 aromatic heterocycles. The maximum atomic E-state index is 13.7. The molecule has 0 aliphatic carbocycles. The number of rotatable bonds is 6. The van der Waals surface area contributed by atoms with Gasteiger partial charge in [0.1, 0.15) is 11.5 Å². The van der Waals surface area contributed by atoms with Crippen molar-refractivity contribution in [1.29, 1.82) is 0 Å². The SMILES string of the molecule is O=C(CCc1cn[nH]c1)NCc1cc(-c2ccccc2F)no1. The van der Waals surface area contributed by atoms with Crippen LogP contribution in [-0.2, 0) is 17.8 Å². The van der Waals surface area contributed by atoms with Gasteiger partial charge in [0, 0.05) is 24.2 Å². The van der Waals surface area contributed by atoms with Crippen molar-refractivity contribution >= 4 is 5.91 Å². The molecule has 23 heavy (non-hydrogen) atoms. The number of amides is 1. The minimum Gasteiger partial charge on any atom is -0.359 e. The van der Waals surface area contributed by atoms with E-state index in [2.05, 4.69) is 20.7 Å². The van der Waals surface area contributed by atoms with Crippen LogP contribution in [0.3, 0.4) is 0 Å². The van der Waals surface area contributed by atoms with Crippen LogP contribution < -0.4 is 5.32 Å². The van der Waals surface area contributed by atoms with Gasteiger partial charge in [-0.05, 0) is 24.1 Å². The van der Waals surface area contributed by atoms with Crippen molar-refractivity contribution in [3.63, 3.8) is 0 Å². The summed E-state index contributed by atoms with van der Waals surface area (Å²) in [5.74, 6) is 0.00598. The zero-order chi connectivity index (χ0) is 16.1. The zero-order valence-electron chi connectivity index (χ0n) is 12.3. The van der Waals surface area contributed by atoms with Gasteiger partial charge in [-0.15, -0.1) is 0 Å². The first-order valence-corrected chi connectivity index (χ1v) is 7.17. The molecular formula is C16H15FN4O2. The smallest absolute Gasteiger partial charge is 0.220 e. The Bertz CT molecular complexity index is 783. The fraction of sp³-hybridized carbons (Fsp3) is 0.188. The van der Waals surface area contributed by atoms with E-state index >= 15 is 0 Å². The summed E-state index contributed by atoms with van der Waals surface area (Å²) in [5.41, 5.74) is 1.75. The van der Waals surface area contributed by atoms with Crippen molar-refractivity contribution in [2.24, 2.45) is 0 Å². The second kappa shape index (κ2) is 6.87. The summed E-state index contributed by atoms with van der Waals surface area (Å²) >= 11 is 0. The molecule has 2 heterocycles. The fourth-order valence-corrected chi connectivity index (χ4v) is 2.14. The summed E-state index contributed by atoms with van der Waals surface area (Å²) in [7, 11) is 0. The van der Waals surface area contributed by atoms with E-state index in [9.17, 15) is 9.18 Å². The Morgan fingerprint density at radius 2 is 2.22 bits per heavy atom. The Morgan fingerprint density at radius 1 is 1.35 bits per heavy atom. The normalized spacial score (nSPS) is 10.7. The van der Waals surface area contributed by atoms with Crippen LogP contribution in [0.5, 0.6) is 0 Å². The van der Waals surface area contributed by atoms with Gasteiger partial charge in [0.05, 0.1) is 12.7 Å². The molecule has 0 spiro atoms. The van der Waals surface area contributed by atoms with Crippen molar-refractivity contribution in [3.05, 3.63) is 59.9 Å². The maximum absolute atomic E-state index is 13.7. The third-order valence-electron chi connectivity index (χ3n) is 3.36. The maximum Gasteiger partial charge on any atom is 0.220 e. The minimum atomic E-state index is -0.364. The predicted molar refractivity (Wildman–Crippen MR) is 80.7 cm³/mol. The summed E-state index contributed by atoms with van der Waals surface area (Å²) in [5, 5.41) is 13.1. The molecule has 0 bridgehead atoms. The van der Waals surface area contributed by atoms with Crippen LogP contribution in [0.15, 0.2) is 47.2 Å². The van der Waals surface area contributed by atoms with Crippen molar-refractivity contribution in [2.75, 3.05) is 0 Å². The Labute approximate surface area is 131 Å². The molecule has 1 aromatic carbocycles. The van der Waals surface area contributed by atoms with E-state index in [1.165, 1.54) is 6.07 Å². The van der Waals surface area contributed by atoms with Gasteiger partial charge in [0.15, 0.2) is 5.76 Å². The molecular weight excluding hydrogens is 299 g/mol. The summed E-state index contributed by atoms with van der Waals surface area (Å²) < 4.78 is 18.8. The Hall–Kier alpha value is -2.96. The molecule has 0 fully saturated rings. The Morgan fingerprint density at radius 3 is 3.00 bits per heavy atom. The summed E-state index contributed by atoms with van der Waals surface area (Å²) in [6.45, 7) is 0.214. The number of aryl methyl sites for hydroxylation is 1. The van der Waals surface area contributed by atoms with E-state index in [-0.39, 0.29) is 18.3 Å². The van der Waals surface area contributed by atoms with Crippen molar-refractivity contribution in [3.8, 4) is 11.3 Å². The van der Waals surface area contributed by atoms with E-state index in [1.807, 2.05) is 0 Å². The highest BCUT2D eigenvalue weighted by Crippen LogP contribution is 2.21. The third kappa shape index (κ3) is 3.82. The van der Waals surface area contributed by atoms with E-state index < -0.39 is 0 Å². The monoisotopic (exact) mass is 314 g/mol. The molecule has 0 aliphatic rings. The average molecular weight is 314 g/mol. The van der Waals surface area contributed by atoms with Gasteiger partial charge in [0.2, 0.25) is 5.91 Å². The van der Waals surface area contributed by atoms with Gasteiger partial charge in [0.25, 0.3) is 0 Å². The summed E-state index contributed by atoms with van der Waals surface area (Å²) in [4.78, 5) is 11.8. The minimum absolute atomic E-state index is 0.102. The van der Waals surface area contributed by atoms with Crippen molar-refractivity contribution in [1.82, 2.24) is 20.7 Å². The molecule has 0 atom stereocenters. The van der Waals surface area contributed by atoms with Crippen LogP contribution in [0.1, 0.15) is 17.7 Å². The highest BCUT2D eigenvalue weighted by molar-refractivity contribution is 5.76. The van der Waals surface area contributed by atoms with Crippen LogP contribution >= 0.6 is 0 Å². The zero-order valence-corrected chi connectivity index (χ0v) is 12.3. The average Bonchev–Trinajstić information content (AvgIpc) is 3.23. The number of hydrogen-bond donors (Lipinski definition) is 2. The molecule has 3 rings (SSSR count). The second-order valence-corrected chi connectivity index (χ2v) is 5.04. The van der Waals surface area contributed by atoms with Gasteiger partial charge < -0.3 is 9.84 Å². The van der Waals surface area contributed by atoms with Crippen molar-refractivity contribution < 1.29 is 13.7 Å². The van der Waals surface area contributed by atoms with Crippen LogP contribution in [0.2, 0.25) is 0 Å². The lowest BCUT2D eigenvalue weighted by Crippen LogP contribution is -2.22. The molecule has 3 aromatic rings. The highest BCUT2D eigenvalue weighted by atomic mass is 19.1. The molecule has 0 radical (unpaired) electrons. The number of hydrogen-bond acceptors (Lipinski definition) is 4. The molecule has 6 nitrogen and oxygen atoms in total. The molecule has 0 unspecified atom stereocenters. The number of nitrogens with zero attached hydrogens (tertiary/aromatic N) is 2. The lowest BCUT2D eigenvalue weighted by molar-refractivity contribution is -0.121. The van der Waals surface area contributed by atoms with Gasteiger partial charge in [-0.3, -0.25) is 9.89 Å². The fourth-order valence-electron chi connectivity index (χ4n) is 2.14. The Kier molecular flexibility index (Phi) is 4.46. The van der Waals surface area contributed by atoms with Crippen molar-refractivity contribution in [2.45, 2.75) is 19.4 Å². The van der Waals surface area contributed by atoms with Gasteiger partial charge in [-0.1, -0.05) is 17.3 Å². The first kappa shape index (κ1) is 15.0. The van der Waals surface area contributed by atoms with E-state index in [0.29, 0.717) is 29.9 Å². The molecule has 0 saturated heterocycles. The highest BCUT2D eigenvalue weighted by Gasteiger charge is 2.11. The van der Waals surface area contributed by atoms with Crippen LogP contribution in [-0.4, -0.2) is 21.3 Å². The molecule has 0 saturated carbocycles. The van der Waals surface area contributed by atoms with Gasteiger partial charge >= 0.3 is 0 Å². The number of H-pyrrole nitrogens is 1. The summed E-state index contributed by atoms with van der Waals surface area (Å²) in [6.07, 6.45) is 4.40. The Balaban J connectivity index is 1.53. The van der Waals surface area contributed by atoms with Crippen LogP contribution in [0.25, 0.3) is 11.3 Å². The number of halogens is 1. The number of carbonyl (C=O) groups is 1. The van der Waals surface area contributed by atoms with E-state index in [0.717, 1.165) is 5.56 Å².